The molecular formula is C15H19N5O3S. The number of anilines is 1. The molecule has 2 amide bonds. The van der Waals surface area contributed by atoms with Gasteiger partial charge in [0, 0.05) is 37.3 Å². The van der Waals surface area contributed by atoms with Crippen LogP contribution < -0.4 is 10.1 Å². The van der Waals surface area contributed by atoms with Gasteiger partial charge in [0.05, 0.1) is 0 Å². The Hall–Kier alpha value is -2.42. The highest BCUT2D eigenvalue weighted by Crippen LogP contribution is 2.19. The van der Waals surface area contributed by atoms with Gasteiger partial charge >= 0.3 is 0 Å². The third kappa shape index (κ3) is 3.73. The first-order valence-electron chi connectivity index (χ1n) is 7.71. The van der Waals surface area contributed by atoms with E-state index in [1.807, 2.05) is 6.92 Å². The van der Waals surface area contributed by atoms with E-state index in [0.29, 0.717) is 11.0 Å². The van der Waals surface area contributed by atoms with E-state index in [0.717, 1.165) is 30.8 Å². The van der Waals surface area contributed by atoms with E-state index in [-0.39, 0.29) is 24.1 Å². The second-order valence-electron chi connectivity index (χ2n) is 5.60. The van der Waals surface area contributed by atoms with Gasteiger partial charge in [0.2, 0.25) is 5.88 Å². The summed E-state index contributed by atoms with van der Waals surface area (Å²) in [5.41, 5.74) is 0.217. The Kier molecular flexibility index (Phi) is 4.79. The molecule has 128 valence electrons. The maximum absolute atomic E-state index is 12.2. The van der Waals surface area contributed by atoms with Crippen LogP contribution in [0.5, 0.6) is 5.88 Å². The van der Waals surface area contributed by atoms with Crippen molar-refractivity contribution in [1.82, 2.24) is 19.7 Å². The zero-order valence-corrected chi connectivity index (χ0v) is 14.4. The summed E-state index contributed by atoms with van der Waals surface area (Å²) >= 11 is 1.39. The van der Waals surface area contributed by atoms with Gasteiger partial charge in [-0.25, -0.2) is 9.67 Å². The number of thiazole rings is 1. The molecule has 3 rings (SSSR count). The summed E-state index contributed by atoms with van der Waals surface area (Å²) in [4.78, 5) is 31.1. The van der Waals surface area contributed by atoms with Crippen molar-refractivity contribution in [2.75, 3.05) is 25.0 Å². The lowest BCUT2D eigenvalue weighted by Gasteiger charge is -2.15. The van der Waals surface area contributed by atoms with Crippen LogP contribution in [-0.4, -0.2) is 51.2 Å². The summed E-state index contributed by atoms with van der Waals surface area (Å²) in [7, 11) is 1.67. The van der Waals surface area contributed by atoms with E-state index in [4.69, 9.17) is 4.74 Å². The number of ether oxygens (including phenoxy) is 1. The van der Waals surface area contributed by atoms with Crippen molar-refractivity contribution < 1.29 is 14.3 Å². The van der Waals surface area contributed by atoms with E-state index in [1.165, 1.54) is 22.1 Å². The maximum atomic E-state index is 12.2. The minimum absolute atomic E-state index is 0.0436. The lowest BCUT2D eigenvalue weighted by Crippen LogP contribution is -2.32. The van der Waals surface area contributed by atoms with Crippen molar-refractivity contribution >= 4 is 28.3 Å². The van der Waals surface area contributed by atoms with Gasteiger partial charge in [-0.2, -0.15) is 5.10 Å². The van der Waals surface area contributed by atoms with Crippen molar-refractivity contribution in [2.45, 2.75) is 19.8 Å². The number of hydrogen-bond acceptors (Lipinski definition) is 6. The Balaban J connectivity index is 1.59. The molecule has 0 aromatic carbocycles. The second-order valence-corrected chi connectivity index (χ2v) is 6.83. The van der Waals surface area contributed by atoms with Crippen LogP contribution in [0.15, 0.2) is 12.3 Å². The molecule has 1 aliphatic rings. The van der Waals surface area contributed by atoms with Gasteiger partial charge in [0.1, 0.15) is 0 Å². The lowest BCUT2D eigenvalue weighted by atomic mass is 10.4. The van der Waals surface area contributed by atoms with Gasteiger partial charge < -0.3 is 9.64 Å². The summed E-state index contributed by atoms with van der Waals surface area (Å²) in [5.74, 6) is -0.0263. The molecule has 1 saturated heterocycles. The molecule has 3 heterocycles. The number of aromatic nitrogens is 3. The first-order chi connectivity index (χ1) is 11.5. The Morgan fingerprint density at radius 1 is 1.38 bits per heavy atom. The molecule has 0 radical (unpaired) electrons. The molecule has 0 unspecified atom stereocenters. The molecule has 0 spiro atoms. The molecule has 2 aromatic heterocycles. The van der Waals surface area contributed by atoms with Crippen molar-refractivity contribution in [2.24, 2.45) is 7.05 Å². The van der Waals surface area contributed by atoms with Crippen LogP contribution in [-0.2, 0) is 11.8 Å². The van der Waals surface area contributed by atoms with Crippen LogP contribution in [0.4, 0.5) is 5.13 Å². The fourth-order valence-corrected chi connectivity index (χ4v) is 3.12. The third-order valence-corrected chi connectivity index (χ3v) is 4.54. The molecule has 0 atom stereocenters. The van der Waals surface area contributed by atoms with Gasteiger partial charge in [-0.05, 0) is 19.8 Å². The largest absolute Gasteiger partial charge is 0.468 e. The fourth-order valence-electron chi connectivity index (χ4n) is 2.46. The average Bonchev–Trinajstić information content (AvgIpc) is 3.27. The summed E-state index contributed by atoms with van der Waals surface area (Å²) in [6, 6.07) is 1.52. The van der Waals surface area contributed by atoms with Crippen LogP contribution in [0.2, 0.25) is 0 Å². The van der Waals surface area contributed by atoms with Gasteiger partial charge in [-0.3, -0.25) is 14.9 Å². The number of amides is 2. The van der Waals surface area contributed by atoms with Crippen LogP contribution >= 0.6 is 11.3 Å². The van der Waals surface area contributed by atoms with Crippen LogP contribution in [0.3, 0.4) is 0 Å². The number of aryl methyl sites for hydroxylation is 2. The van der Waals surface area contributed by atoms with Gasteiger partial charge in [-0.1, -0.05) is 0 Å². The molecule has 0 aliphatic carbocycles. The minimum atomic E-state index is -0.360. The standard InChI is InChI=1S/C15H19N5O3S/c1-10-8-16-15(24-10)17-14(22)11-7-13(19(2)18-11)23-9-12(21)20-5-3-4-6-20/h7-8H,3-6,9H2,1-2H3,(H,16,17,22). The number of rotatable bonds is 5. The van der Waals surface area contributed by atoms with E-state index in [9.17, 15) is 9.59 Å². The van der Waals surface area contributed by atoms with Crippen molar-refractivity contribution in [1.29, 1.82) is 0 Å². The molecule has 1 aliphatic heterocycles. The second kappa shape index (κ2) is 7.00. The van der Waals surface area contributed by atoms with E-state index in [2.05, 4.69) is 15.4 Å². The highest BCUT2D eigenvalue weighted by atomic mass is 32.1. The van der Waals surface area contributed by atoms with E-state index in [1.54, 1.807) is 18.1 Å². The van der Waals surface area contributed by atoms with Gasteiger partial charge in [0.25, 0.3) is 11.8 Å². The first-order valence-corrected chi connectivity index (χ1v) is 8.53. The van der Waals surface area contributed by atoms with Crippen molar-refractivity contribution in [3.63, 3.8) is 0 Å². The summed E-state index contributed by atoms with van der Waals surface area (Å²) in [6.07, 6.45) is 3.77. The smallest absolute Gasteiger partial charge is 0.278 e. The van der Waals surface area contributed by atoms with Crippen LogP contribution in [0.1, 0.15) is 28.2 Å². The average molecular weight is 349 g/mol. The molecule has 24 heavy (non-hydrogen) atoms. The highest BCUT2D eigenvalue weighted by molar-refractivity contribution is 7.15. The number of nitrogens with one attached hydrogen (secondary N) is 1. The number of likely N-dealkylation sites (tertiary alicyclic amines) is 1. The number of carbonyl (C=O) groups is 2. The molecule has 8 nitrogen and oxygen atoms in total. The molecule has 2 aromatic rings. The van der Waals surface area contributed by atoms with Crippen LogP contribution in [0, 0.1) is 6.92 Å². The Morgan fingerprint density at radius 2 is 2.12 bits per heavy atom. The summed E-state index contributed by atoms with van der Waals surface area (Å²) in [6.45, 7) is 3.44. The zero-order chi connectivity index (χ0) is 17.1. The van der Waals surface area contributed by atoms with Gasteiger partial charge in [0.15, 0.2) is 17.4 Å². The number of nitrogens with zero attached hydrogens (tertiary/aromatic N) is 4. The lowest BCUT2D eigenvalue weighted by molar-refractivity contribution is -0.132. The Morgan fingerprint density at radius 3 is 2.79 bits per heavy atom. The van der Waals surface area contributed by atoms with Crippen molar-refractivity contribution in [3.05, 3.63) is 22.8 Å². The van der Waals surface area contributed by atoms with E-state index >= 15 is 0 Å². The molecule has 9 heteroatoms. The fraction of sp³-hybridized carbons (Fsp3) is 0.467. The van der Waals surface area contributed by atoms with E-state index < -0.39 is 0 Å². The molecule has 1 N–H and O–H groups in total. The minimum Gasteiger partial charge on any atom is -0.468 e. The maximum Gasteiger partial charge on any atom is 0.278 e. The summed E-state index contributed by atoms with van der Waals surface area (Å²) in [5, 5.41) is 7.33. The normalized spacial score (nSPS) is 14.0. The number of carbonyl (C=O) groups excluding carboxylic acids is 2. The first kappa shape index (κ1) is 16.4. The molecule has 0 bridgehead atoms. The Labute approximate surface area is 143 Å². The summed E-state index contributed by atoms with van der Waals surface area (Å²) < 4.78 is 6.96. The Bertz CT molecular complexity index is 748. The molecule has 0 saturated carbocycles. The van der Waals surface area contributed by atoms with Gasteiger partial charge in [-0.15, -0.1) is 11.3 Å². The quantitative estimate of drug-likeness (QED) is 0.882. The van der Waals surface area contributed by atoms with Crippen molar-refractivity contribution in [3.8, 4) is 5.88 Å². The monoisotopic (exact) mass is 349 g/mol. The third-order valence-electron chi connectivity index (χ3n) is 3.71. The molecule has 1 fully saturated rings. The zero-order valence-electron chi connectivity index (χ0n) is 13.6. The highest BCUT2D eigenvalue weighted by Gasteiger charge is 2.20. The van der Waals surface area contributed by atoms with Crippen LogP contribution in [0.25, 0.3) is 0 Å². The number of hydrogen-bond donors (Lipinski definition) is 1. The molecular weight excluding hydrogens is 330 g/mol. The topological polar surface area (TPSA) is 89.3 Å². The predicted molar refractivity (Wildman–Crippen MR) is 89.3 cm³/mol. The predicted octanol–water partition coefficient (Wildman–Crippen LogP) is 1.44. The SMILES string of the molecule is Cc1cnc(NC(=O)c2cc(OCC(=O)N3CCCC3)n(C)n2)s1.